The maximum absolute atomic E-state index is 12.9. The van der Waals surface area contributed by atoms with Crippen LogP contribution in [-0.2, 0) is 22.6 Å². The number of ether oxygens (including phenoxy) is 1. The molecular formula is C24H21BrN2O4S. The average Bonchev–Trinajstić information content (AvgIpc) is 3.05. The molecule has 4 rings (SSSR count). The minimum atomic E-state index is -0.472. The molecule has 2 aromatic carbocycles. The van der Waals surface area contributed by atoms with Gasteiger partial charge in [0.25, 0.3) is 11.1 Å². The second-order valence-electron chi connectivity index (χ2n) is 7.38. The van der Waals surface area contributed by atoms with Gasteiger partial charge in [-0.05, 0) is 53.6 Å². The molecule has 0 unspecified atom stereocenters. The topological polar surface area (TPSA) is 66.9 Å². The number of amides is 3. The Labute approximate surface area is 199 Å². The Morgan fingerprint density at radius 1 is 1.19 bits per heavy atom. The SMILES string of the molecule is C=CCOc1ccc(Br)cc1/C=C1/SC(=O)N(CC(=O)N2CCc3ccccc3C2)C1=O. The fourth-order valence-corrected chi connectivity index (χ4v) is 4.84. The van der Waals surface area contributed by atoms with E-state index in [2.05, 4.69) is 28.6 Å². The van der Waals surface area contributed by atoms with Crippen LogP contribution in [0.2, 0.25) is 0 Å². The van der Waals surface area contributed by atoms with E-state index in [0.29, 0.717) is 31.0 Å². The largest absolute Gasteiger partial charge is 0.489 e. The third-order valence-electron chi connectivity index (χ3n) is 5.27. The van der Waals surface area contributed by atoms with Crippen molar-refractivity contribution in [3.63, 3.8) is 0 Å². The number of thioether (sulfide) groups is 1. The number of halogens is 1. The molecule has 1 saturated heterocycles. The van der Waals surface area contributed by atoms with Gasteiger partial charge >= 0.3 is 0 Å². The quantitative estimate of drug-likeness (QED) is 0.416. The number of hydrogen-bond donors (Lipinski definition) is 0. The third-order valence-corrected chi connectivity index (χ3v) is 6.67. The van der Waals surface area contributed by atoms with Gasteiger partial charge in [0, 0.05) is 23.1 Å². The van der Waals surface area contributed by atoms with Crippen molar-refractivity contribution in [2.24, 2.45) is 0 Å². The summed E-state index contributed by atoms with van der Waals surface area (Å²) in [7, 11) is 0. The van der Waals surface area contributed by atoms with Crippen molar-refractivity contribution >= 4 is 50.8 Å². The molecule has 0 aliphatic carbocycles. The third kappa shape index (κ3) is 4.81. The van der Waals surface area contributed by atoms with Crippen LogP contribution in [0.1, 0.15) is 16.7 Å². The normalized spacial score (nSPS) is 17.0. The summed E-state index contributed by atoms with van der Waals surface area (Å²) in [5, 5.41) is -0.449. The molecule has 2 aliphatic rings. The Kier molecular flexibility index (Phi) is 6.81. The van der Waals surface area contributed by atoms with Gasteiger partial charge in [0.1, 0.15) is 18.9 Å². The highest BCUT2D eigenvalue weighted by Crippen LogP contribution is 2.35. The zero-order valence-corrected chi connectivity index (χ0v) is 19.7. The molecular weight excluding hydrogens is 492 g/mol. The second-order valence-corrected chi connectivity index (χ2v) is 9.29. The Hall–Kier alpha value is -2.84. The second kappa shape index (κ2) is 9.75. The van der Waals surface area contributed by atoms with Crippen LogP contribution in [0.25, 0.3) is 6.08 Å². The molecule has 6 nitrogen and oxygen atoms in total. The Bertz CT molecular complexity index is 1130. The first kappa shape index (κ1) is 22.4. The molecule has 0 aromatic heterocycles. The van der Waals surface area contributed by atoms with E-state index in [9.17, 15) is 14.4 Å². The molecule has 0 spiro atoms. The van der Waals surface area contributed by atoms with Crippen molar-refractivity contribution in [3.8, 4) is 5.75 Å². The summed E-state index contributed by atoms with van der Waals surface area (Å²) < 4.78 is 6.46. The Morgan fingerprint density at radius 2 is 1.97 bits per heavy atom. The van der Waals surface area contributed by atoms with Crippen LogP contribution < -0.4 is 4.74 Å². The standard InChI is InChI=1S/C24H21BrN2O4S/c1-2-11-31-20-8-7-19(25)12-18(20)13-21-23(29)27(24(30)32-21)15-22(28)26-10-9-16-5-3-4-6-17(16)14-26/h2-8,12-13H,1,9-11,14-15H2/b21-13+. The van der Waals surface area contributed by atoms with Crippen molar-refractivity contribution in [1.82, 2.24) is 9.80 Å². The molecule has 164 valence electrons. The molecule has 2 aliphatic heterocycles. The number of benzene rings is 2. The predicted octanol–water partition coefficient (Wildman–Crippen LogP) is 4.64. The smallest absolute Gasteiger partial charge is 0.294 e. The summed E-state index contributed by atoms with van der Waals surface area (Å²) in [5.41, 5.74) is 2.99. The predicted molar refractivity (Wildman–Crippen MR) is 128 cm³/mol. The highest BCUT2D eigenvalue weighted by molar-refractivity contribution is 9.10. The zero-order valence-electron chi connectivity index (χ0n) is 17.3. The van der Waals surface area contributed by atoms with Crippen LogP contribution in [0.5, 0.6) is 5.75 Å². The fraction of sp³-hybridized carbons (Fsp3) is 0.208. The van der Waals surface area contributed by atoms with E-state index in [0.717, 1.165) is 33.1 Å². The van der Waals surface area contributed by atoms with E-state index in [4.69, 9.17) is 4.74 Å². The summed E-state index contributed by atoms with van der Waals surface area (Å²) >= 11 is 4.25. The lowest BCUT2D eigenvalue weighted by atomic mass is 10.00. The lowest BCUT2D eigenvalue weighted by Crippen LogP contribution is -2.44. The molecule has 2 aromatic rings. The number of carbonyl (C=O) groups excluding carboxylic acids is 3. The molecule has 0 radical (unpaired) electrons. The Morgan fingerprint density at radius 3 is 2.75 bits per heavy atom. The molecule has 3 amide bonds. The summed E-state index contributed by atoms with van der Waals surface area (Å²) in [6.45, 7) is 4.76. The molecule has 8 heteroatoms. The highest BCUT2D eigenvalue weighted by atomic mass is 79.9. The minimum absolute atomic E-state index is 0.236. The van der Waals surface area contributed by atoms with Crippen LogP contribution in [0.3, 0.4) is 0 Å². The number of imide groups is 1. The van der Waals surface area contributed by atoms with Crippen molar-refractivity contribution in [3.05, 3.63) is 81.2 Å². The van der Waals surface area contributed by atoms with E-state index < -0.39 is 11.1 Å². The van der Waals surface area contributed by atoms with Crippen LogP contribution >= 0.6 is 27.7 Å². The number of rotatable bonds is 6. The summed E-state index contributed by atoms with van der Waals surface area (Å²) in [4.78, 5) is 41.3. The van der Waals surface area contributed by atoms with Crippen molar-refractivity contribution < 1.29 is 19.1 Å². The van der Waals surface area contributed by atoms with Crippen molar-refractivity contribution in [1.29, 1.82) is 0 Å². The maximum Gasteiger partial charge on any atom is 0.294 e. The molecule has 32 heavy (non-hydrogen) atoms. The molecule has 0 saturated carbocycles. The zero-order chi connectivity index (χ0) is 22.7. The van der Waals surface area contributed by atoms with Gasteiger partial charge in [0.15, 0.2) is 0 Å². The first-order valence-electron chi connectivity index (χ1n) is 10.1. The molecule has 0 bridgehead atoms. The summed E-state index contributed by atoms with van der Waals surface area (Å²) in [6.07, 6.45) is 4.01. The van der Waals surface area contributed by atoms with Crippen LogP contribution in [0.4, 0.5) is 4.79 Å². The lowest BCUT2D eigenvalue weighted by molar-refractivity contribution is -0.136. The lowest BCUT2D eigenvalue weighted by Gasteiger charge is -2.29. The van der Waals surface area contributed by atoms with E-state index in [1.807, 2.05) is 30.3 Å². The Balaban J connectivity index is 1.48. The van der Waals surface area contributed by atoms with Gasteiger partial charge in [-0.15, -0.1) is 0 Å². The van der Waals surface area contributed by atoms with Gasteiger partial charge in [0.05, 0.1) is 4.91 Å². The van der Waals surface area contributed by atoms with Gasteiger partial charge in [-0.1, -0.05) is 52.9 Å². The first-order valence-corrected chi connectivity index (χ1v) is 11.7. The molecule has 0 N–H and O–H groups in total. The molecule has 2 heterocycles. The first-order chi connectivity index (χ1) is 15.5. The van der Waals surface area contributed by atoms with Crippen molar-refractivity contribution in [2.45, 2.75) is 13.0 Å². The maximum atomic E-state index is 12.9. The fourth-order valence-electron chi connectivity index (χ4n) is 3.63. The number of fused-ring (bicyclic) bond motifs is 1. The van der Waals surface area contributed by atoms with Crippen LogP contribution in [0, 0.1) is 0 Å². The number of carbonyl (C=O) groups is 3. The van der Waals surface area contributed by atoms with E-state index in [1.54, 1.807) is 23.1 Å². The van der Waals surface area contributed by atoms with E-state index >= 15 is 0 Å². The molecule has 0 atom stereocenters. The number of nitrogens with zero attached hydrogens (tertiary/aromatic N) is 2. The van der Waals surface area contributed by atoms with E-state index in [-0.39, 0.29) is 17.4 Å². The van der Waals surface area contributed by atoms with Crippen LogP contribution in [0.15, 0.2) is 64.5 Å². The monoisotopic (exact) mass is 512 g/mol. The van der Waals surface area contributed by atoms with Gasteiger partial charge in [-0.25, -0.2) is 0 Å². The summed E-state index contributed by atoms with van der Waals surface area (Å²) in [6, 6.07) is 13.4. The van der Waals surface area contributed by atoms with Gasteiger partial charge in [0.2, 0.25) is 5.91 Å². The van der Waals surface area contributed by atoms with E-state index in [1.165, 1.54) is 5.56 Å². The molecule has 1 fully saturated rings. The van der Waals surface area contributed by atoms with Gasteiger partial charge in [-0.3, -0.25) is 19.3 Å². The van der Waals surface area contributed by atoms with Gasteiger partial charge in [-0.2, -0.15) is 0 Å². The van der Waals surface area contributed by atoms with Gasteiger partial charge < -0.3 is 9.64 Å². The highest BCUT2D eigenvalue weighted by Gasteiger charge is 2.37. The van der Waals surface area contributed by atoms with Crippen molar-refractivity contribution in [2.75, 3.05) is 19.7 Å². The van der Waals surface area contributed by atoms with Crippen LogP contribution in [-0.4, -0.2) is 46.5 Å². The summed E-state index contributed by atoms with van der Waals surface area (Å²) in [5.74, 6) is -0.135. The average molecular weight is 513 g/mol. The number of hydrogen-bond acceptors (Lipinski definition) is 5. The minimum Gasteiger partial charge on any atom is -0.489 e.